The average Bonchev–Trinajstić information content (AvgIpc) is 3.17. The fourth-order valence-corrected chi connectivity index (χ4v) is 3.71. The van der Waals surface area contributed by atoms with Crippen molar-refractivity contribution in [2.24, 2.45) is 0 Å². The van der Waals surface area contributed by atoms with Gasteiger partial charge in [0.1, 0.15) is 11.9 Å². The summed E-state index contributed by atoms with van der Waals surface area (Å²) in [5.74, 6) is 0.907. The van der Waals surface area contributed by atoms with Crippen LogP contribution in [-0.2, 0) is 0 Å². The molecule has 0 N–H and O–H groups in total. The molecule has 1 atom stereocenters. The third-order valence-electron chi connectivity index (χ3n) is 5.03. The first-order valence-electron chi connectivity index (χ1n) is 9.10. The summed E-state index contributed by atoms with van der Waals surface area (Å²) in [5, 5.41) is 0. The second kappa shape index (κ2) is 6.83. The topological polar surface area (TPSA) is 37.7 Å². The maximum absolute atomic E-state index is 12.8. The first-order chi connectivity index (χ1) is 13.1. The summed E-state index contributed by atoms with van der Waals surface area (Å²) in [6, 6.07) is 17.8. The van der Waals surface area contributed by atoms with Gasteiger partial charge < -0.3 is 19.1 Å². The number of rotatable bonds is 4. The Bertz CT molecular complexity index is 962. The Morgan fingerprint density at radius 3 is 2.44 bits per heavy atom. The van der Waals surface area contributed by atoms with E-state index in [9.17, 15) is 4.79 Å². The van der Waals surface area contributed by atoms with Gasteiger partial charge in [0.2, 0.25) is 0 Å². The van der Waals surface area contributed by atoms with Crippen molar-refractivity contribution < 1.29 is 9.53 Å². The highest BCUT2D eigenvalue weighted by Crippen LogP contribution is 2.36. The highest BCUT2D eigenvalue weighted by Gasteiger charge is 2.34. The monoisotopic (exact) mass is 361 g/mol. The predicted molar refractivity (Wildman–Crippen MR) is 107 cm³/mol. The van der Waals surface area contributed by atoms with Gasteiger partial charge in [-0.15, -0.1) is 0 Å². The molecule has 1 aliphatic heterocycles. The van der Waals surface area contributed by atoms with E-state index in [1.165, 1.54) is 0 Å². The Morgan fingerprint density at radius 2 is 1.70 bits per heavy atom. The molecular formula is C22H23N3O2. The van der Waals surface area contributed by atoms with Crippen molar-refractivity contribution in [3.8, 4) is 11.4 Å². The van der Waals surface area contributed by atoms with Gasteiger partial charge in [0.25, 0.3) is 5.91 Å². The fourth-order valence-electron chi connectivity index (χ4n) is 3.71. The van der Waals surface area contributed by atoms with Crippen LogP contribution in [0.15, 0.2) is 67.0 Å². The van der Waals surface area contributed by atoms with Crippen molar-refractivity contribution in [1.82, 2.24) is 9.47 Å². The minimum atomic E-state index is -0.142. The SMILES string of the molecule is CCOc1ccc(-n2ccc(C3N(C)C(=O)c4ccccc4N3C)c2)cc1. The molecule has 0 saturated heterocycles. The minimum Gasteiger partial charge on any atom is -0.494 e. The molecule has 138 valence electrons. The molecule has 0 bridgehead atoms. The Labute approximate surface area is 159 Å². The van der Waals surface area contributed by atoms with Gasteiger partial charge in [0, 0.05) is 37.7 Å². The molecule has 1 unspecified atom stereocenters. The second-order valence-corrected chi connectivity index (χ2v) is 6.70. The summed E-state index contributed by atoms with van der Waals surface area (Å²) in [4.78, 5) is 16.7. The summed E-state index contributed by atoms with van der Waals surface area (Å²) in [7, 11) is 3.88. The number of hydrogen-bond donors (Lipinski definition) is 0. The summed E-state index contributed by atoms with van der Waals surface area (Å²) >= 11 is 0. The van der Waals surface area contributed by atoms with Gasteiger partial charge >= 0.3 is 0 Å². The number of aromatic nitrogens is 1. The zero-order valence-corrected chi connectivity index (χ0v) is 15.8. The molecule has 4 rings (SSSR count). The van der Waals surface area contributed by atoms with E-state index in [1.54, 1.807) is 4.90 Å². The molecular weight excluding hydrogens is 338 g/mol. The lowest BCUT2D eigenvalue weighted by Crippen LogP contribution is -2.45. The molecule has 1 aliphatic rings. The molecule has 2 heterocycles. The van der Waals surface area contributed by atoms with Crippen molar-refractivity contribution in [2.75, 3.05) is 25.6 Å². The number of carbonyl (C=O) groups excluding carboxylic acids is 1. The number of fused-ring (bicyclic) bond motifs is 1. The Hall–Kier alpha value is -3.21. The summed E-state index contributed by atoms with van der Waals surface area (Å²) in [5.41, 5.74) is 3.82. The van der Waals surface area contributed by atoms with E-state index in [0.717, 1.165) is 28.3 Å². The molecule has 2 aromatic carbocycles. The average molecular weight is 361 g/mol. The maximum atomic E-state index is 12.8. The van der Waals surface area contributed by atoms with Crippen molar-refractivity contribution in [3.05, 3.63) is 78.1 Å². The number of anilines is 1. The number of para-hydroxylation sites is 1. The highest BCUT2D eigenvalue weighted by atomic mass is 16.5. The van der Waals surface area contributed by atoms with Crippen LogP contribution in [0.1, 0.15) is 29.0 Å². The summed E-state index contributed by atoms with van der Waals surface area (Å²) in [6.45, 7) is 2.63. The lowest BCUT2D eigenvalue weighted by Gasteiger charge is -2.41. The van der Waals surface area contributed by atoms with Gasteiger partial charge in [-0.25, -0.2) is 0 Å². The van der Waals surface area contributed by atoms with E-state index in [4.69, 9.17) is 4.74 Å². The predicted octanol–water partition coefficient (Wildman–Crippen LogP) is 4.10. The van der Waals surface area contributed by atoms with Crippen LogP contribution < -0.4 is 9.64 Å². The zero-order chi connectivity index (χ0) is 19.0. The van der Waals surface area contributed by atoms with Gasteiger partial charge in [-0.05, 0) is 49.4 Å². The van der Waals surface area contributed by atoms with Crippen LogP contribution in [0.2, 0.25) is 0 Å². The molecule has 1 amide bonds. The molecule has 0 saturated carbocycles. The van der Waals surface area contributed by atoms with Gasteiger partial charge in [-0.3, -0.25) is 4.79 Å². The van der Waals surface area contributed by atoms with Crippen LogP contribution >= 0.6 is 0 Å². The van der Waals surface area contributed by atoms with Crippen molar-refractivity contribution >= 4 is 11.6 Å². The van der Waals surface area contributed by atoms with E-state index in [2.05, 4.69) is 21.7 Å². The molecule has 0 fully saturated rings. The molecule has 5 heteroatoms. The van der Waals surface area contributed by atoms with Gasteiger partial charge in [-0.1, -0.05) is 12.1 Å². The summed E-state index contributed by atoms with van der Waals surface area (Å²) in [6.07, 6.45) is 3.96. The lowest BCUT2D eigenvalue weighted by atomic mass is 10.0. The number of amides is 1. The molecule has 27 heavy (non-hydrogen) atoms. The maximum Gasteiger partial charge on any atom is 0.257 e. The van der Waals surface area contributed by atoms with E-state index in [0.29, 0.717) is 6.61 Å². The first kappa shape index (κ1) is 17.2. The van der Waals surface area contributed by atoms with Crippen molar-refractivity contribution in [1.29, 1.82) is 0 Å². The smallest absolute Gasteiger partial charge is 0.257 e. The first-order valence-corrected chi connectivity index (χ1v) is 9.10. The number of ether oxygens (including phenoxy) is 1. The molecule has 0 aliphatic carbocycles. The van der Waals surface area contributed by atoms with Crippen LogP contribution in [0.25, 0.3) is 5.69 Å². The molecule has 5 nitrogen and oxygen atoms in total. The largest absolute Gasteiger partial charge is 0.494 e. The molecule has 0 radical (unpaired) electrons. The van der Waals surface area contributed by atoms with Crippen LogP contribution in [0.5, 0.6) is 5.75 Å². The highest BCUT2D eigenvalue weighted by molar-refractivity contribution is 6.01. The third kappa shape index (κ3) is 2.95. The van der Waals surface area contributed by atoms with Crippen LogP contribution in [0, 0.1) is 0 Å². The number of benzene rings is 2. The third-order valence-corrected chi connectivity index (χ3v) is 5.03. The minimum absolute atomic E-state index is 0.0440. The molecule has 3 aromatic rings. The Balaban J connectivity index is 1.66. The standard InChI is InChI=1S/C22H23N3O2/c1-4-27-18-11-9-17(10-12-18)25-14-13-16(15-25)21-23(2)20-8-6-5-7-19(20)22(26)24(21)3/h5-15,21H,4H2,1-3H3. The quantitative estimate of drug-likeness (QED) is 0.702. The van der Waals surface area contributed by atoms with E-state index in [-0.39, 0.29) is 12.1 Å². The van der Waals surface area contributed by atoms with Crippen LogP contribution in [0.3, 0.4) is 0 Å². The lowest BCUT2D eigenvalue weighted by molar-refractivity contribution is 0.0711. The van der Waals surface area contributed by atoms with E-state index in [1.807, 2.05) is 75.7 Å². The zero-order valence-electron chi connectivity index (χ0n) is 15.8. The number of carbonyl (C=O) groups is 1. The van der Waals surface area contributed by atoms with Crippen molar-refractivity contribution in [2.45, 2.75) is 13.1 Å². The summed E-state index contributed by atoms with van der Waals surface area (Å²) < 4.78 is 7.58. The van der Waals surface area contributed by atoms with E-state index >= 15 is 0 Å². The number of nitrogens with zero attached hydrogens (tertiary/aromatic N) is 3. The van der Waals surface area contributed by atoms with Crippen LogP contribution in [-0.4, -0.2) is 36.1 Å². The Kier molecular flexibility index (Phi) is 4.36. The normalized spacial score (nSPS) is 16.4. The Morgan fingerprint density at radius 1 is 0.963 bits per heavy atom. The van der Waals surface area contributed by atoms with Crippen LogP contribution in [0.4, 0.5) is 5.69 Å². The number of hydrogen-bond acceptors (Lipinski definition) is 3. The fraction of sp³-hybridized carbons (Fsp3) is 0.227. The van der Waals surface area contributed by atoms with Gasteiger partial charge in [0.05, 0.1) is 17.9 Å². The second-order valence-electron chi connectivity index (χ2n) is 6.70. The van der Waals surface area contributed by atoms with Gasteiger partial charge in [0.15, 0.2) is 0 Å². The molecule has 1 aromatic heterocycles. The van der Waals surface area contributed by atoms with E-state index < -0.39 is 0 Å². The van der Waals surface area contributed by atoms with Gasteiger partial charge in [-0.2, -0.15) is 0 Å². The van der Waals surface area contributed by atoms with Crippen molar-refractivity contribution in [3.63, 3.8) is 0 Å². The molecule has 0 spiro atoms.